The molecule has 0 unspecified atom stereocenters. The minimum atomic E-state index is -0.0463. The van der Waals surface area contributed by atoms with Gasteiger partial charge in [-0.25, -0.2) is 0 Å². The molecule has 0 amide bonds. The number of hydrogen-bond acceptors (Lipinski definition) is 1. The molecule has 0 fully saturated rings. The lowest BCUT2D eigenvalue weighted by atomic mass is 10.1. The van der Waals surface area contributed by atoms with Gasteiger partial charge in [-0.05, 0) is 12.5 Å². The Morgan fingerprint density at radius 2 is 2.08 bits per heavy atom. The quantitative estimate of drug-likeness (QED) is 0.448. The zero-order valence-electron chi connectivity index (χ0n) is 7.42. The normalized spacial score (nSPS) is 11.6. The van der Waals surface area contributed by atoms with E-state index in [9.17, 15) is 4.79 Å². The molecule has 0 aliphatic carbocycles. The van der Waals surface area contributed by atoms with Gasteiger partial charge in [0.25, 0.3) is 0 Å². The van der Waals surface area contributed by atoms with Crippen LogP contribution in [0.25, 0.3) is 0 Å². The van der Waals surface area contributed by atoms with Gasteiger partial charge in [-0.2, -0.15) is 0 Å². The molecule has 1 heteroatoms. The van der Waals surface area contributed by atoms with Gasteiger partial charge in [0.05, 0.1) is 0 Å². The smallest absolute Gasteiger partial charge is 0.184 e. The molecule has 0 aliphatic rings. The highest BCUT2D eigenvalue weighted by molar-refractivity contribution is 6.05. The minimum absolute atomic E-state index is 0.0463. The number of carbonyl (C=O) groups is 1. The van der Waals surface area contributed by atoms with Gasteiger partial charge in [0.1, 0.15) is 0 Å². The molecule has 0 heterocycles. The van der Waals surface area contributed by atoms with E-state index in [1.54, 1.807) is 18.2 Å². The molecule has 0 atom stereocenters. The molecule has 12 heavy (non-hydrogen) atoms. The molecule has 0 aliphatic heterocycles. The molecule has 1 nitrogen and oxygen atoms in total. The summed E-state index contributed by atoms with van der Waals surface area (Å²) in [5.74, 6) is -0.0463. The molecule has 0 bridgehead atoms. The molecule has 0 saturated heterocycles. The van der Waals surface area contributed by atoms with E-state index in [-0.39, 0.29) is 5.78 Å². The zero-order valence-corrected chi connectivity index (χ0v) is 7.42. The lowest BCUT2D eigenvalue weighted by Gasteiger charge is -1.93. The second kappa shape index (κ2) is 6.35. The van der Waals surface area contributed by atoms with Crippen LogP contribution in [0.5, 0.6) is 0 Å². The molecule has 0 aromatic heterocycles. The summed E-state index contributed by atoms with van der Waals surface area (Å²) < 4.78 is 0. The van der Waals surface area contributed by atoms with Crippen LogP contribution >= 0.6 is 0 Å². The summed E-state index contributed by atoms with van der Waals surface area (Å²) in [4.78, 5) is 11.1. The fraction of sp³-hybridized carbons (Fsp3) is 0.182. The molecule has 0 radical (unpaired) electrons. The lowest BCUT2D eigenvalue weighted by Crippen LogP contribution is -1.94. The molecule has 0 N–H and O–H groups in total. The molecular weight excluding hydrogens is 148 g/mol. The third-order valence-corrected chi connectivity index (χ3v) is 1.31. The zero-order chi connectivity index (χ0) is 9.40. The Kier molecular flexibility index (Phi) is 5.62. The van der Waals surface area contributed by atoms with Crippen molar-refractivity contribution in [3.63, 3.8) is 0 Å². The molecule has 0 saturated carbocycles. The highest BCUT2D eigenvalue weighted by Gasteiger charge is 1.98. The van der Waals surface area contributed by atoms with E-state index in [0.717, 1.165) is 6.42 Å². The maximum atomic E-state index is 11.1. The molecule has 0 aromatic rings. The van der Waals surface area contributed by atoms with Gasteiger partial charge in [0.2, 0.25) is 0 Å². The monoisotopic (exact) mass is 162 g/mol. The van der Waals surface area contributed by atoms with Crippen molar-refractivity contribution in [3.05, 3.63) is 49.1 Å². The standard InChI is InChI=1S/C11H14O/c1-4-7-9-10(8-5-2)11(12)6-3/h4,6-9H,1,3,5H2,2H3/b9-7-,10-8+. The molecule has 0 spiro atoms. The summed E-state index contributed by atoms with van der Waals surface area (Å²) in [5, 5.41) is 0. The van der Waals surface area contributed by atoms with E-state index < -0.39 is 0 Å². The molecule has 0 aromatic carbocycles. The van der Waals surface area contributed by atoms with Crippen molar-refractivity contribution in [2.45, 2.75) is 13.3 Å². The SMILES string of the molecule is C=C/C=C\C(=C/CC)C(=O)C=C. The Morgan fingerprint density at radius 1 is 1.42 bits per heavy atom. The number of hydrogen-bond donors (Lipinski definition) is 0. The van der Waals surface area contributed by atoms with Crippen molar-refractivity contribution >= 4 is 5.78 Å². The van der Waals surface area contributed by atoms with E-state index in [4.69, 9.17) is 0 Å². The number of carbonyl (C=O) groups excluding carboxylic acids is 1. The first-order valence-corrected chi connectivity index (χ1v) is 3.92. The van der Waals surface area contributed by atoms with Crippen LogP contribution in [0.15, 0.2) is 49.1 Å². The van der Waals surface area contributed by atoms with E-state index >= 15 is 0 Å². The van der Waals surface area contributed by atoms with Gasteiger partial charge in [-0.3, -0.25) is 4.79 Å². The van der Waals surface area contributed by atoms with Gasteiger partial charge >= 0.3 is 0 Å². The summed E-state index contributed by atoms with van der Waals surface area (Å²) in [6, 6.07) is 0. The van der Waals surface area contributed by atoms with Crippen LogP contribution in [0.3, 0.4) is 0 Å². The van der Waals surface area contributed by atoms with E-state index in [1.165, 1.54) is 6.08 Å². The Hall–Kier alpha value is -1.37. The lowest BCUT2D eigenvalue weighted by molar-refractivity contribution is -0.111. The van der Waals surface area contributed by atoms with Gasteiger partial charge in [-0.1, -0.05) is 44.4 Å². The fourth-order valence-electron chi connectivity index (χ4n) is 0.760. The van der Waals surface area contributed by atoms with Crippen LogP contribution in [-0.2, 0) is 4.79 Å². The van der Waals surface area contributed by atoms with E-state index in [1.807, 2.05) is 13.0 Å². The predicted molar refractivity (Wildman–Crippen MR) is 52.9 cm³/mol. The van der Waals surface area contributed by atoms with Gasteiger partial charge < -0.3 is 0 Å². The first-order valence-electron chi connectivity index (χ1n) is 3.92. The van der Waals surface area contributed by atoms with Gasteiger partial charge in [0, 0.05) is 5.57 Å². The summed E-state index contributed by atoms with van der Waals surface area (Å²) in [7, 11) is 0. The second-order valence-electron chi connectivity index (χ2n) is 2.23. The minimum Gasteiger partial charge on any atom is -0.289 e. The Labute approximate surface area is 73.8 Å². The van der Waals surface area contributed by atoms with Crippen molar-refractivity contribution in [2.24, 2.45) is 0 Å². The van der Waals surface area contributed by atoms with Crippen molar-refractivity contribution in [2.75, 3.05) is 0 Å². The largest absolute Gasteiger partial charge is 0.289 e. The maximum absolute atomic E-state index is 11.1. The maximum Gasteiger partial charge on any atom is 0.184 e. The highest BCUT2D eigenvalue weighted by atomic mass is 16.1. The van der Waals surface area contributed by atoms with Crippen LogP contribution in [0, 0.1) is 0 Å². The van der Waals surface area contributed by atoms with Crippen molar-refractivity contribution in [3.8, 4) is 0 Å². The molecule has 0 rings (SSSR count). The van der Waals surface area contributed by atoms with Crippen molar-refractivity contribution in [1.82, 2.24) is 0 Å². The number of allylic oxidation sites excluding steroid dienone is 6. The van der Waals surface area contributed by atoms with Crippen LogP contribution in [0.1, 0.15) is 13.3 Å². The first kappa shape index (κ1) is 10.6. The average Bonchev–Trinajstić information content (AvgIpc) is 2.11. The van der Waals surface area contributed by atoms with Crippen LogP contribution in [0.2, 0.25) is 0 Å². The van der Waals surface area contributed by atoms with Crippen LogP contribution < -0.4 is 0 Å². The first-order chi connectivity index (χ1) is 5.76. The van der Waals surface area contributed by atoms with Crippen LogP contribution in [-0.4, -0.2) is 5.78 Å². The predicted octanol–water partition coefficient (Wildman–Crippen LogP) is 2.82. The highest BCUT2D eigenvalue weighted by Crippen LogP contribution is 2.01. The Balaban J connectivity index is 4.54. The Bertz CT molecular complexity index is 231. The summed E-state index contributed by atoms with van der Waals surface area (Å²) >= 11 is 0. The second-order valence-corrected chi connectivity index (χ2v) is 2.23. The topological polar surface area (TPSA) is 17.1 Å². The third kappa shape index (κ3) is 3.71. The summed E-state index contributed by atoms with van der Waals surface area (Å²) in [6.07, 6.45) is 9.14. The molecular formula is C11H14O. The fourth-order valence-corrected chi connectivity index (χ4v) is 0.760. The average molecular weight is 162 g/mol. The van der Waals surface area contributed by atoms with Gasteiger partial charge in [0.15, 0.2) is 5.78 Å². The number of ketones is 1. The summed E-state index contributed by atoms with van der Waals surface area (Å²) in [6.45, 7) is 8.93. The van der Waals surface area contributed by atoms with E-state index in [0.29, 0.717) is 5.57 Å². The van der Waals surface area contributed by atoms with E-state index in [2.05, 4.69) is 13.2 Å². The van der Waals surface area contributed by atoms with Crippen LogP contribution in [0.4, 0.5) is 0 Å². The van der Waals surface area contributed by atoms with Crippen molar-refractivity contribution in [1.29, 1.82) is 0 Å². The van der Waals surface area contributed by atoms with Gasteiger partial charge in [-0.15, -0.1) is 0 Å². The summed E-state index contributed by atoms with van der Waals surface area (Å²) in [5.41, 5.74) is 0.674. The van der Waals surface area contributed by atoms with Crippen molar-refractivity contribution < 1.29 is 4.79 Å². The number of rotatable bonds is 5. The molecule has 64 valence electrons. The Morgan fingerprint density at radius 3 is 2.50 bits per heavy atom. The third-order valence-electron chi connectivity index (χ3n) is 1.31.